The molecule has 0 saturated heterocycles. The molecule has 2 aromatic carbocycles. The predicted octanol–water partition coefficient (Wildman–Crippen LogP) is 3.50. The number of hydrogen-bond donors (Lipinski definition) is 2. The molecular weight excluding hydrogens is 555 g/mol. The van der Waals surface area contributed by atoms with E-state index in [1.54, 1.807) is 42.5 Å². The average molecular weight is 581 g/mol. The Kier molecular flexibility index (Phi) is 10.5. The molecule has 10 nitrogen and oxygen atoms in total. The maximum absolute atomic E-state index is 13.5. The molecule has 13 heteroatoms. The highest BCUT2D eigenvalue weighted by atomic mass is 35.5. The van der Waals surface area contributed by atoms with Crippen LogP contribution in [0.1, 0.15) is 22.6 Å². The van der Waals surface area contributed by atoms with E-state index >= 15 is 0 Å². The summed E-state index contributed by atoms with van der Waals surface area (Å²) < 4.78 is 38.8. The van der Waals surface area contributed by atoms with Crippen LogP contribution in [0, 0.1) is 6.92 Å². The molecule has 0 radical (unpaired) electrons. The summed E-state index contributed by atoms with van der Waals surface area (Å²) in [5.41, 5.74) is 3.57. The smallest absolute Gasteiger partial charge is 0.329 e. The number of ether oxygens (including phenoxy) is 1. The van der Waals surface area contributed by atoms with Gasteiger partial charge in [0.25, 0.3) is 0 Å². The number of benzene rings is 2. The Morgan fingerprint density at radius 2 is 1.79 bits per heavy atom. The van der Waals surface area contributed by atoms with Gasteiger partial charge in [-0.15, -0.1) is 0 Å². The summed E-state index contributed by atoms with van der Waals surface area (Å²) in [5.74, 6) is -1.27. The summed E-state index contributed by atoms with van der Waals surface area (Å²) in [4.78, 5) is 23.5. The van der Waals surface area contributed by atoms with E-state index in [0.717, 1.165) is 5.56 Å². The van der Waals surface area contributed by atoms with Gasteiger partial charge in [-0.3, -0.25) is 9.59 Å². The lowest BCUT2D eigenvalue weighted by atomic mass is 10.2. The van der Waals surface area contributed by atoms with E-state index in [0.29, 0.717) is 21.4 Å². The van der Waals surface area contributed by atoms with Gasteiger partial charge in [0.1, 0.15) is 11.5 Å². The Labute approximate surface area is 230 Å². The van der Waals surface area contributed by atoms with Crippen molar-refractivity contribution in [2.45, 2.75) is 24.9 Å². The van der Waals surface area contributed by atoms with Gasteiger partial charge in [0.15, 0.2) is 0 Å². The Morgan fingerprint density at radius 3 is 2.47 bits per heavy atom. The van der Waals surface area contributed by atoms with Crippen LogP contribution < -0.4 is 10.7 Å². The fourth-order valence-electron chi connectivity index (χ4n) is 3.20. The van der Waals surface area contributed by atoms with Crippen LogP contribution in [0.5, 0.6) is 0 Å². The zero-order valence-electron chi connectivity index (χ0n) is 20.6. The van der Waals surface area contributed by atoms with Crippen molar-refractivity contribution in [3.8, 4) is 0 Å². The van der Waals surface area contributed by atoms with Gasteiger partial charge in [-0.25, -0.2) is 13.8 Å². The molecule has 0 bridgehead atoms. The number of carbonyl (C=O) groups is 2. The molecule has 0 aliphatic rings. The van der Waals surface area contributed by atoms with Gasteiger partial charge in [-0.2, -0.15) is 9.41 Å². The molecule has 1 heterocycles. The molecule has 202 valence electrons. The molecule has 2 N–H and O–H groups in total. The van der Waals surface area contributed by atoms with E-state index in [2.05, 4.69) is 15.8 Å². The maximum Gasteiger partial charge on any atom is 0.329 e. The Bertz CT molecular complexity index is 1410. The third kappa shape index (κ3) is 8.14. The average Bonchev–Trinajstić information content (AvgIpc) is 3.32. The van der Waals surface area contributed by atoms with Gasteiger partial charge in [0, 0.05) is 30.2 Å². The second-order valence-electron chi connectivity index (χ2n) is 8.07. The number of nitrogens with one attached hydrogen (secondary N) is 2. The van der Waals surface area contributed by atoms with E-state index in [9.17, 15) is 18.0 Å². The topological polar surface area (TPSA) is 130 Å². The zero-order chi connectivity index (χ0) is 27.7. The molecule has 0 spiro atoms. The van der Waals surface area contributed by atoms with Crippen molar-refractivity contribution in [2.24, 2.45) is 5.10 Å². The number of halogens is 2. The maximum atomic E-state index is 13.5. The number of sulfonamides is 1. The van der Waals surface area contributed by atoms with E-state index < -0.39 is 21.8 Å². The van der Waals surface area contributed by atoms with Crippen LogP contribution in [-0.4, -0.2) is 51.0 Å². The van der Waals surface area contributed by atoms with Crippen LogP contribution in [0.15, 0.2) is 69.0 Å². The molecule has 2 amide bonds. The molecule has 0 unspecified atom stereocenters. The number of methoxy groups -OCH3 is 1. The monoisotopic (exact) mass is 580 g/mol. The quantitative estimate of drug-likeness (QED) is 0.154. The van der Waals surface area contributed by atoms with Gasteiger partial charge >= 0.3 is 11.8 Å². The van der Waals surface area contributed by atoms with Crippen LogP contribution in [0.2, 0.25) is 10.0 Å². The molecule has 1 aromatic heterocycles. The van der Waals surface area contributed by atoms with Crippen molar-refractivity contribution in [1.29, 1.82) is 0 Å². The van der Waals surface area contributed by atoms with Crippen LogP contribution >= 0.6 is 23.2 Å². The highest BCUT2D eigenvalue weighted by Crippen LogP contribution is 2.27. The van der Waals surface area contributed by atoms with E-state index in [1.165, 1.54) is 29.8 Å². The number of hydrazone groups is 1. The lowest BCUT2D eigenvalue weighted by molar-refractivity contribution is -0.139. The van der Waals surface area contributed by atoms with Crippen LogP contribution in [0.3, 0.4) is 0 Å². The number of amides is 2. The lowest BCUT2D eigenvalue weighted by Gasteiger charge is -2.22. The second-order valence-corrected chi connectivity index (χ2v) is 10.9. The fraction of sp³-hybridized carbons (Fsp3) is 0.240. The zero-order valence-corrected chi connectivity index (χ0v) is 22.9. The minimum Gasteiger partial charge on any atom is -0.459 e. The normalized spacial score (nSPS) is 11.7. The third-order valence-electron chi connectivity index (χ3n) is 5.19. The molecule has 3 aromatic rings. The van der Waals surface area contributed by atoms with Crippen molar-refractivity contribution in [3.63, 3.8) is 0 Å². The summed E-state index contributed by atoms with van der Waals surface area (Å²) >= 11 is 12.3. The minimum absolute atomic E-state index is 0.0371. The summed E-state index contributed by atoms with van der Waals surface area (Å²) in [6, 6.07) is 14.5. The summed E-state index contributed by atoms with van der Waals surface area (Å²) in [6.07, 6.45) is 1.19. The molecule has 38 heavy (non-hydrogen) atoms. The van der Waals surface area contributed by atoms with Crippen molar-refractivity contribution in [1.82, 2.24) is 15.0 Å². The van der Waals surface area contributed by atoms with Gasteiger partial charge in [-0.05, 0) is 48.9 Å². The number of rotatable bonds is 11. The Morgan fingerprint density at radius 1 is 1.05 bits per heavy atom. The highest BCUT2D eigenvalue weighted by Gasteiger charge is 2.27. The molecule has 0 aliphatic carbocycles. The lowest BCUT2D eigenvalue weighted by Crippen LogP contribution is -2.39. The van der Waals surface area contributed by atoms with E-state index in [4.69, 9.17) is 32.4 Å². The SMILES string of the molecule is COCCNC(=O)C(=O)N/N=C/c1ccc(CN(Cc2ccc(Cl)cc2Cl)S(=O)(=O)c2ccc(C)cc2)o1. The van der Waals surface area contributed by atoms with Gasteiger partial charge in [0.2, 0.25) is 10.0 Å². The predicted molar refractivity (Wildman–Crippen MR) is 143 cm³/mol. The standard InChI is InChI=1S/C25H26Cl2N4O6S/c1-17-3-9-22(10-4-17)38(34,35)31(15-18-5-6-19(26)13-23(18)27)16-21-8-7-20(37-21)14-29-30-25(33)24(32)28-11-12-36-2/h3-10,13-14H,11-12,15-16H2,1-2H3,(H,28,32)(H,30,33)/b29-14+. The van der Waals surface area contributed by atoms with Crippen LogP contribution in [-0.2, 0) is 37.4 Å². The van der Waals surface area contributed by atoms with Crippen molar-refractivity contribution in [3.05, 3.63) is 87.3 Å². The van der Waals surface area contributed by atoms with Gasteiger partial charge in [-0.1, -0.05) is 47.0 Å². The van der Waals surface area contributed by atoms with Crippen molar-refractivity contribution >= 4 is 51.3 Å². The van der Waals surface area contributed by atoms with E-state index in [1.807, 2.05) is 6.92 Å². The van der Waals surface area contributed by atoms with E-state index in [-0.39, 0.29) is 36.9 Å². The summed E-state index contributed by atoms with van der Waals surface area (Å²) in [7, 11) is -2.47. The largest absolute Gasteiger partial charge is 0.459 e. The summed E-state index contributed by atoms with van der Waals surface area (Å²) in [5, 5.41) is 6.83. The first-order valence-corrected chi connectivity index (χ1v) is 13.5. The first-order chi connectivity index (χ1) is 18.1. The Balaban J connectivity index is 1.76. The number of nitrogens with zero attached hydrogens (tertiary/aromatic N) is 2. The van der Waals surface area contributed by atoms with Crippen LogP contribution in [0.4, 0.5) is 0 Å². The number of hydrogen-bond acceptors (Lipinski definition) is 7. The number of carbonyl (C=O) groups excluding carboxylic acids is 2. The number of furan rings is 1. The van der Waals surface area contributed by atoms with Crippen molar-refractivity contribution in [2.75, 3.05) is 20.3 Å². The van der Waals surface area contributed by atoms with Crippen LogP contribution in [0.25, 0.3) is 0 Å². The first-order valence-electron chi connectivity index (χ1n) is 11.3. The van der Waals surface area contributed by atoms with Gasteiger partial charge in [0.05, 0.1) is 24.3 Å². The van der Waals surface area contributed by atoms with Gasteiger partial charge < -0.3 is 14.5 Å². The molecule has 3 rings (SSSR count). The first kappa shape index (κ1) is 29.3. The molecule has 0 fully saturated rings. The second kappa shape index (κ2) is 13.5. The third-order valence-corrected chi connectivity index (χ3v) is 7.58. The molecule has 0 aliphatic heterocycles. The molecule has 0 saturated carbocycles. The molecule has 0 atom stereocenters. The summed E-state index contributed by atoms with van der Waals surface area (Å²) in [6.45, 7) is 2.15. The number of aryl methyl sites for hydroxylation is 1. The van der Waals surface area contributed by atoms with Crippen molar-refractivity contribution < 1.29 is 27.2 Å². The highest BCUT2D eigenvalue weighted by molar-refractivity contribution is 7.89. The minimum atomic E-state index is -3.94. The fourth-order valence-corrected chi connectivity index (χ4v) is 5.05. The molecular formula is C25H26Cl2N4O6S. The Hall–Kier alpha value is -3.22.